The van der Waals surface area contributed by atoms with E-state index in [2.05, 4.69) is 72.3 Å². The van der Waals surface area contributed by atoms with Crippen molar-refractivity contribution in [2.24, 2.45) is 0 Å². The molecule has 8 bridgehead atoms. The summed E-state index contributed by atoms with van der Waals surface area (Å²) in [5.74, 6) is -0.0540. The van der Waals surface area contributed by atoms with Crippen LogP contribution in [0.5, 0.6) is 0 Å². The zero-order valence-electron chi connectivity index (χ0n) is 25.2. The normalized spacial score (nSPS) is 12.2. The van der Waals surface area contributed by atoms with Crippen LogP contribution >= 0.6 is 0 Å². The quantitative estimate of drug-likeness (QED) is 0.156. The van der Waals surface area contributed by atoms with Gasteiger partial charge >= 0.3 is 0 Å². The monoisotopic (exact) mass is 586 g/mol. The SMILES string of the molecule is CC(=O)/C=C/c1c2nc(c(-c3ccc(C)cc3)c3ccc([nH]3)c(C=O)c3nc(c(-c4ccc(C)cc4)c4ccc1[nH]4)C=C3)C=C2. The van der Waals surface area contributed by atoms with Gasteiger partial charge in [0.05, 0.1) is 33.9 Å². The number of hydrogen-bond acceptors (Lipinski definition) is 4. The Balaban J connectivity index is 1.66. The molecule has 2 N–H and O–H groups in total. The number of aromatic amines is 2. The summed E-state index contributed by atoms with van der Waals surface area (Å²) in [4.78, 5) is 41.8. The van der Waals surface area contributed by atoms with Gasteiger partial charge in [0.2, 0.25) is 0 Å². The molecule has 0 saturated heterocycles. The van der Waals surface area contributed by atoms with E-state index in [1.54, 1.807) is 6.08 Å². The zero-order valence-corrected chi connectivity index (χ0v) is 25.2. The Labute approximate surface area is 260 Å². The van der Waals surface area contributed by atoms with E-state index in [-0.39, 0.29) is 5.78 Å². The predicted molar refractivity (Wildman–Crippen MR) is 184 cm³/mol. The molecule has 5 aromatic rings. The molecule has 2 aromatic carbocycles. The highest BCUT2D eigenvalue weighted by atomic mass is 16.1. The average Bonchev–Trinajstić information content (AvgIpc) is 3.85. The van der Waals surface area contributed by atoms with Crippen molar-refractivity contribution in [3.05, 3.63) is 124 Å². The van der Waals surface area contributed by atoms with Crippen molar-refractivity contribution in [1.82, 2.24) is 19.9 Å². The number of H-pyrrole nitrogens is 2. The summed E-state index contributed by atoms with van der Waals surface area (Å²) >= 11 is 0. The van der Waals surface area contributed by atoms with Gasteiger partial charge in [-0.05, 0) is 92.6 Å². The summed E-state index contributed by atoms with van der Waals surface area (Å²) in [6.45, 7) is 5.65. The fraction of sp³-hybridized carbons (Fsp3) is 0.0769. The highest BCUT2D eigenvalue weighted by molar-refractivity contribution is 5.99. The number of aldehydes is 1. The van der Waals surface area contributed by atoms with Gasteiger partial charge in [0, 0.05) is 33.2 Å². The number of hydrogen-bond donors (Lipinski definition) is 2. The van der Waals surface area contributed by atoms with Gasteiger partial charge in [0.15, 0.2) is 12.1 Å². The van der Waals surface area contributed by atoms with Crippen LogP contribution in [0.2, 0.25) is 0 Å². The molecule has 7 rings (SSSR count). The Kier molecular flexibility index (Phi) is 7.02. The number of benzene rings is 2. The minimum atomic E-state index is -0.0540. The minimum absolute atomic E-state index is 0.0540. The summed E-state index contributed by atoms with van der Waals surface area (Å²) in [6.07, 6.45) is 12.1. The second-order valence-electron chi connectivity index (χ2n) is 11.4. The molecular weight excluding hydrogens is 556 g/mol. The average molecular weight is 587 g/mol. The van der Waals surface area contributed by atoms with Crippen LogP contribution in [0, 0.1) is 13.8 Å². The number of ketones is 1. The van der Waals surface area contributed by atoms with E-state index in [4.69, 9.17) is 9.97 Å². The van der Waals surface area contributed by atoms with Crippen LogP contribution in [-0.2, 0) is 4.79 Å². The Bertz CT molecular complexity index is 2220. The van der Waals surface area contributed by atoms with Gasteiger partial charge in [-0.1, -0.05) is 59.7 Å². The number of carbonyl (C=O) groups excluding carboxylic acids is 2. The summed E-state index contributed by atoms with van der Waals surface area (Å²) in [5.41, 5.74) is 13.3. The van der Waals surface area contributed by atoms with Crippen molar-refractivity contribution in [2.75, 3.05) is 0 Å². The number of aromatic nitrogens is 4. The standard InChI is InChI=1S/C39H30N4O2/c1-23-4-9-26(10-5-23)38-34-18-14-30(40-34)28(13-8-25(3)45)31-15-19-35(41-31)39(27-11-6-24(2)7-12-27)37-21-17-33(43-37)29(22-44)32-16-20-36(38)42-32/h4-22,40,43H,1-3H3/b13-8+,30-28?,31-28?,32-29?,33-29?,38-34?,38-36?,39-35?,39-37?. The maximum absolute atomic E-state index is 12.6. The van der Waals surface area contributed by atoms with E-state index in [0.717, 1.165) is 78.9 Å². The Morgan fingerprint density at radius 1 is 0.578 bits per heavy atom. The van der Waals surface area contributed by atoms with Gasteiger partial charge in [-0.25, -0.2) is 9.97 Å². The topological polar surface area (TPSA) is 91.5 Å². The molecule has 6 nitrogen and oxygen atoms in total. The fourth-order valence-corrected chi connectivity index (χ4v) is 5.80. The number of fused-ring (bicyclic) bond motifs is 8. The second kappa shape index (κ2) is 11.3. The van der Waals surface area contributed by atoms with E-state index in [1.165, 1.54) is 6.92 Å². The molecule has 0 atom stereocenters. The first-order valence-electron chi connectivity index (χ1n) is 14.8. The number of aryl methyl sites for hydroxylation is 2. The molecule has 2 aliphatic rings. The lowest BCUT2D eigenvalue weighted by Crippen LogP contribution is -1.90. The third-order valence-corrected chi connectivity index (χ3v) is 8.12. The van der Waals surface area contributed by atoms with Crippen LogP contribution in [0.15, 0.2) is 78.9 Å². The molecule has 0 fully saturated rings. The highest BCUT2D eigenvalue weighted by Crippen LogP contribution is 2.34. The van der Waals surface area contributed by atoms with E-state index in [9.17, 15) is 9.59 Å². The lowest BCUT2D eigenvalue weighted by Gasteiger charge is -2.05. The van der Waals surface area contributed by atoms with Crippen LogP contribution in [0.4, 0.5) is 0 Å². The molecule has 2 aliphatic heterocycles. The molecule has 0 unspecified atom stereocenters. The van der Waals surface area contributed by atoms with Crippen LogP contribution < -0.4 is 0 Å². The van der Waals surface area contributed by atoms with Gasteiger partial charge in [-0.3, -0.25) is 9.59 Å². The molecule has 0 radical (unpaired) electrons. The molecule has 5 heterocycles. The molecule has 6 heteroatoms. The summed E-state index contributed by atoms with van der Waals surface area (Å²) in [6, 6.07) is 24.5. The fourth-order valence-electron chi connectivity index (χ4n) is 5.80. The summed E-state index contributed by atoms with van der Waals surface area (Å²) in [7, 11) is 0. The van der Waals surface area contributed by atoms with Crippen LogP contribution in [0.25, 0.3) is 74.7 Å². The third kappa shape index (κ3) is 5.27. The molecule has 0 spiro atoms. The largest absolute Gasteiger partial charge is 0.354 e. The minimum Gasteiger partial charge on any atom is -0.354 e. The lowest BCUT2D eigenvalue weighted by molar-refractivity contribution is -0.112. The van der Waals surface area contributed by atoms with E-state index < -0.39 is 0 Å². The van der Waals surface area contributed by atoms with Crippen molar-refractivity contribution in [1.29, 1.82) is 0 Å². The van der Waals surface area contributed by atoms with Crippen LogP contribution in [0.3, 0.4) is 0 Å². The number of rotatable bonds is 5. The Morgan fingerprint density at radius 3 is 1.47 bits per heavy atom. The van der Waals surface area contributed by atoms with Gasteiger partial charge in [-0.15, -0.1) is 0 Å². The molecule has 218 valence electrons. The first-order valence-corrected chi connectivity index (χ1v) is 14.8. The van der Waals surface area contributed by atoms with E-state index >= 15 is 0 Å². The van der Waals surface area contributed by atoms with Crippen LogP contribution in [-0.4, -0.2) is 32.0 Å². The first-order chi connectivity index (χ1) is 21.9. The van der Waals surface area contributed by atoms with Gasteiger partial charge in [0.25, 0.3) is 0 Å². The maximum atomic E-state index is 12.6. The molecule has 0 aliphatic carbocycles. The number of nitrogens with one attached hydrogen (secondary N) is 2. The van der Waals surface area contributed by atoms with Gasteiger partial charge in [-0.2, -0.15) is 0 Å². The third-order valence-electron chi connectivity index (χ3n) is 8.12. The number of nitrogens with zero attached hydrogens (tertiary/aromatic N) is 2. The van der Waals surface area contributed by atoms with Crippen molar-refractivity contribution in [2.45, 2.75) is 20.8 Å². The number of allylic oxidation sites excluding steroid dienone is 1. The Hall–Kier alpha value is -5.88. The smallest absolute Gasteiger partial charge is 0.154 e. The molecule has 0 amide bonds. The van der Waals surface area contributed by atoms with Crippen molar-refractivity contribution in [3.8, 4) is 22.3 Å². The maximum Gasteiger partial charge on any atom is 0.154 e. The predicted octanol–water partition coefficient (Wildman–Crippen LogP) is 9.02. The first kappa shape index (κ1) is 27.9. The lowest BCUT2D eigenvalue weighted by atomic mass is 10.0. The van der Waals surface area contributed by atoms with Crippen LogP contribution in [0.1, 0.15) is 56.7 Å². The Morgan fingerprint density at radius 2 is 1.00 bits per heavy atom. The van der Waals surface area contributed by atoms with Crippen molar-refractivity contribution < 1.29 is 9.59 Å². The zero-order chi connectivity index (χ0) is 31.1. The van der Waals surface area contributed by atoms with Gasteiger partial charge < -0.3 is 9.97 Å². The molecule has 45 heavy (non-hydrogen) atoms. The second-order valence-corrected chi connectivity index (χ2v) is 11.4. The molecule has 3 aromatic heterocycles. The number of carbonyl (C=O) groups is 2. The molecule has 0 saturated carbocycles. The van der Waals surface area contributed by atoms with Crippen molar-refractivity contribution >= 4 is 64.5 Å². The summed E-state index contributed by atoms with van der Waals surface area (Å²) < 4.78 is 0. The van der Waals surface area contributed by atoms with E-state index in [1.807, 2.05) is 54.6 Å². The van der Waals surface area contributed by atoms with E-state index in [0.29, 0.717) is 16.8 Å². The van der Waals surface area contributed by atoms with Gasteiger partial charge in [0.1, 0.15) is 0 Å². The van der Waals surface area contributed by atoms with Crippen molar-refractivity contribution in [3.63, 3.8) is 0 Å². The highest BCUT2D eigenvalue weighted by Gasteiger charge is 2.17. The molecular formula is C39H30N4O2. The summed E-state index contributed by atoms with van der Waals surface area (Å²) in [5, 5.41) is 0.